The van der Waals surface area contributed by atoms with Crippen molar-refractivity contribution in [3.8, 4) is 5.75 Å². The summed E-state index contributed by atoms with van der Waals surface area (Å²) in [5, 5.41) is 7.26. The molecule has 7 nitrogen and oxygen atoms in total. The molecule has 1 aliphatic heterocycles. The topological polar surface area (TPSA) is 76.5 Å². The van der Waals surface area contributed by atoms with Crippen LogP contribution in [0.1, 0.15) is 16.8 Å². The first kappa shape index (κ1) is 16.3. The maximum atomic E-state index is 12.5. The molecule has 1 saturated heterocycles. The Morgan fingerprint density at radius 2 is 2.25 bits per heavy atom. The van der Waals surface area contributed by atoms with E-state index in [0.29, 0.717) is 29.3 Å². The van der Waals surface area contributed by atoms with Crippen LogP contribution in [0.25, 0.3) is 0 Å². The summed E-state index contributed by atoms with van der Waals surface area (Å²) in [4.78, 5) is 26.5. The number of carbonyl (C=O) groups excluding carboxylic acids is 2. The average Bonchev–Trinajstić information content (AvgIpc) is 3.14. The van der Waals surface area contributed by atoms with Gasteiger partial charge in [-0.2, -0.15) is 5.10 Å². The number of nitrogens with zero attached hydrogens (tertiary/aromatic N) is 3. The van der Waals surface area contributed by atoms with Crippen LogP contribution < -0.4 is 15.0 Å². The number of amides is 2. The van der Waals surface area contributed by atoms with Gasteiger partial charge in [0.05, 0.1) is 24.0 Å². The van der Waals surface area contributed by atoms with Crippen LogP contribution >= 0.6 is 11.6 Å². The Labute approximate surface area is 144 Å². The molecule has 1 fully saturated rings. The van der Waals surface area contributed by atoms with Gasteiger partial charge in [0.1, 0.15) is 11.8 Å². The molecule has 2 heterocycles. The van der Waals surface area contributed by atoms with E-state index in [2.05, 4.69) is 10.4 Å². The van der Waals surface area contributed by atoms with Gasteiger partial charge in [0.2, 0.25) is 5.91 Å². The molecule has 0 radical (unpaired) electrons. The largest absolute Gasteiger partial charge is 0.495 e. The minimum absolute atomic E-state index is 0.141. The van der Waals surface area contributed by atoms with Crippen molar-refractivity contribution in [1.82, 2.24) is 15.1 Å². The summed E-state index contributed by atoms with van der Waals surface area (Å²) < 4.78 is 6.74. The van der Waals surface area contributed by atoms with Crippen LogP contribution in [0.2, 0.25) is 5.02 Å². The molecule has 1 aliphatic rings. The standard InChI is InChI=1S/C16H17ClN4O3/c1-20-9-11(8-18-20)21-6-5-13(16(21)23)19-15(22)10-3-4-12(17)14(7-10)24-2/h3-4,7-9,13H,5-6H2,1-2H3,(H,19,22)/t13-/m0/s1. The molecule has 0 saturated carbocycles. The van der Waals surface area contributed by atoms with Crippen molar-refractivity contribution in [2.45, 2.75) is 12.5 Å². The van der Waals surface area contributed by atoms with E-state index in [1.807, 2.05) is 0 Å². The van der Waals surface area contributed by atoms with Gasteiger partial charge in [0.15, 0.2) is 0 Å². The fourth-order valence-corrected chi connectivity index (χ4v) is 2.86. The molecular weight excluding hydrogens is 332 g/mol. The number of aryl methyl sites for hydroxylation is 1. The molecule has 2 aromatic rings. The van der Waals surface area contributed by atoms with Gasteiger partial charge in [-0.15, -0.1) is 0 Å². The lowest BCUT2D eigenvalue weighted by Gasteiger charge is -2.15. The maximum Gasteiger partial charge on any atom is 0.252 e. The summed E-state index contributed by atoms with van der Waals surface area (Å²) in [6.07, 6.45) is 3.95. The molecule has 24 heavy (non-hydrogen) atoms. The van der Waals surface area contributed by atoms with Crippen molar-refractivity contribution in [2.75, 3.05) is 18.6 Å². The maximum absolute atomic E-state index is 12.5. The van der Waals surface area contributed by atoms with Gasteiger partial charge < -0.3 is 15.0 Å². The summed E-state index contributed by atoms with van der Waals surface area (Å²) in [5.41, 5.74) is 1.12. The molecule has 1 aromatic carbocycles. The highest BCUT2D eigenvalue weighted by atomic mass is 35.5. The van der Waals surface area contributed by atoms with Crippen molar-refractivity contribution in [3.05, 3.63) is 41.2 Å². The summed E-state index contributed by atoms with van der Waals surface area (Å²) in [7, 11) is 3.27. The Bertz CT molecular complexity index is 789. The molecule has 0 unspecified atom stereocenters. The fraction of sp³-hybridized carbons (Fsp3) is 0.312. The lowest BCUT2D eigenvalue weighted by Crippen LogP contribution is -2.41. The highest BCUT2D eigenvalue weighted by Gasteiger charge is 2.34. The summed E-state index contributed by atoms with van der Waals surface area (Å²) in [6.45, 7) is 0.541. The van der Waals surface area contributed by atoms with Crippen molar-refractivity contribution in [2.24, 2.45) is 7.05 Å². The molecule has 0 aliphatic carbocycles. The Hall–Kier alpha value is -2.54. The van der Waals surface area contributed by atoms with E-state index < -0.39 is 6.04 Å². The number of benzene rings is 1. The minimum atomic E-state index is -0.556. The highest BCUT2D eigenvalue weighted by Crippen LogP contribution is 2.25. The number of halogens is 1. The average molecular weight is 349 g/mol. The molecule has 1 N–H and O–H groups in total. The summed E-state index contributed by atoms with van der Waals surface area (Å²) in [5.74, 6) is -0.0623. The predicted octanol–water partition coefficient (Wildman–Crippen LogP) is 1.62. The smallest absolute Gasteiger partial charge is 0.252 e. The Morgan fingerprint density at radius 3 is 2.92 bits per heavy atom. The molecule has 1 atom stereocenters. The van der Waals surface area contributed by atoms with Gasteiger partial charge >= 0.3 is 0 Å². The van der Waals surface area contributed by atoms with Gasteiger partial charge in [0, 0.05) is 25.4 Å². The Balaban J connectivity index is 1.70. The second-order valence-electron chi connectivity index (χ2n) is 5.53. The Kier molecular flexibility index (Phi) is 4.44. The quantitative estimate of drug-likeness (QED) is 0.910. The molecule has 8 heteroatoms. The normalized spacial score (nSPS) is 17.2. The van der Waals surface area contributed by atoms with Gasteiger partial charge in [-0.3, -0.25) is 14.3 Å². The van der Waals surface area contributed by atoms with Crippen LogP contribution in [0.4, 0.5) is 5.69 Å². The third-order valence-corrected chi connectivity index (χ3v) is 4.24. The van der Waals surface area contributed by atoms with E-state index in [1.165, 1.54) is 7.11 Å². The number of hydrogen-bond donors (Lipinski definition) is 1. The second-order valence-corrected chi connectivity index (χ2v) is 5.93. The van der Waals surface area contributed by atoms with E-state index in [-0.39, 0.29) is 11.8 Å². The predicted molar refractivity (Wildman–Crippen MR) is 89.4 cm³/mol. The summed E-state index contributed by atoms with van der Waals surface area (Å²) in [6, 6.07) is 4.18. The molecule has 1 aromatic heterocycles. The van der Waals surface area contributed by atoms with Crippen molar-refractivity contribution < 1.29 is 14.3 Å². The first-order valence-corrected chi connectivity index (χ1v) is 7.82. The van der Waals surface area contributed by atoms with Crippen LogP contribution in [-0.2, 0) is 11.8 Å². The molecule has 3 rings (SSSR count). The van der Waals surface area contributed by atoms with Crippen LogP contribution in [0.5, 0.6) is 5.75 Å². The molecule has 0 bridgehead atoms. The van der Waals surface area contributed by atoms with Crippen LogP contribution in [0.15, 0.2) is 30.6 Å². The number of hydrogen-bond acceptors (Lipinski definition) is 4. The van der Waals surface area contributed by atoms with Crippen molar-refractivity contribution in [1.29, 1.82) is 0 Å². The third kappa shape index (κ3) is 3.07. The number of rotatable bonds is 4. The second kappa shape index (κ2) is 6.52. The summed E-state index contributed by atoms with van der Waals surface area (Å²) >= 11 is 5.96. The van der Waals surface area contributed by atoms with E-state index in [4.69, 9.17) is 16.3 Å². The zero-order chi connectivity index (χ0) is 17.3. The zero-order valence-electron chi connectivity index (χ0n) is 13.3. The first-order valence-electron chi connectivity index (χ1n) is 7.44. The van der Waals surface area contributed by atoms with Crippen molar-refractivity contribution in [3.63, 3.8) is 0 Å². The number of anilines is 1. The number of methoxy groups -OCH3 is 1. The third-order valence-electron chi connectivity index (χ3n) is 3.93. The van der Waals surface area contributed by atoms with Gasteiger partial charge in [-0.25, -0.2) is 0 Å². The lowest BCUT2D eigenvalue weighted by molar-refractivity contribution is -0.118. The fourth-order valence-electron chi connectivity index (χ4n) is 2.66. The van der Waals surface area contributed by atoms with E-state index in [1.54, 1.807) is 47.2 Å². The van der Waals surface area contributed by atoms with Crippen LogP contribution in [-0.4, -0.2) is 41.3 Å². The number of ether oxygens (including phenoxy) is 1. The first-order chi connectivity index (χ1) is 11.5. The van der Waals surface area contributed by atoms with Crippen LogP contribution in [0.3, 0.4) is 0 Å². The van der Waals surface area contributed by atoms with Gasteiger partial charge in [-0.1, -0.05) is 11.6 Å². The van der Waals surface area contributed by atoms with E-state index in [9.17, 15) is 9.59 Å². The van der Waals surface area contributed by atoms with Gasteiger partial charge in [-0.05, 0) is 24.6 Å². The lowest BCUT2D eigenvalue weighted by atomic mass is 10.1. The molecular formula is C16H17ClN4O3. The SMILES string of the molecule is COc1cc(C(=O)N[C@H]2CCN(c3cnn(C)c3)C2=O)ccc1Cl. The number of nitrogens with one attached hydrogen (secondary N) is 1. The van der Waals surface area contributed by atoms with Crippen LogP contribution in [0, 0.1) is 0 Å². The monoisotopic (exact) mass is 348 g/mol. The van der Waals surface area contributed by atoms with Gasteiger partial charge in [0.25, 0.3) is 5.91 Å². The molecule has 126 valence electrons. The Morgan fingerprint density at radius 1 is 1.46 bits per heavy atom. The van der Waals surface area contributed by atoms with E-state index >= 15 is 0 Å². The molecule has 2 amide bonds. The minimum Gasteiger partial charge on any atom is -0.495 e. The zero-order valence-corrected chi connectivity index (χ0v) is 14.1. The number of aromatic nitrogens is 2. The number of carbonyl (C=O) groups is 2. The molecule has 0 spiro atoms. The highest BCUT2D eigenvalue weighted by molar-refractivity contribution is 6.32. The van der Waals surface area contributed by atoms with Crippen molar-refractivity contribution >= 4 is 29.1 Å². The van der Waals surface area contributed by atoms with E-state index in [0.717, 1.165) is 5.69 Å².